The summed E-state index contributed by atoms with van der Waals surface area (Å²) in [4.78, 5) is 1.23. The fourth-order valence-corrected chi connectivity index (χ4v) is 3.36. The van der Waals surface area contributed by atoms with E-state index < -0.39 is 5.76 Å². The Morgan fingerprint density at radius 3 is 2.79 bits per heavy atom. The van der Waals surface area contributed by atoms with Gasteiger partial charge in [0.05, 0.1) is 12.3 Å². The van der Waals surface area contributed by atoms with Gasteiger partial charge in [-0.3, -0.25) is 0 Å². The molecule has 0 atom stereocenters. The molecular formula is C12H12BrF2NOS2. The lowest BCUT2D eigenvalue weighted by molar-refractivity contribution is 0.251. The lowest BCUT2D eigenvalue weighted by Gasteiger charge is -2.00. The molecule has 0 aliphatic carbocycles. The third-order valence-electron chi connectivity index (χ3n) is 2.29. The molecule has 7 heteroatoms. The van der Waals surface area contributed by atoms with Gasteiger partial charge in [0.15, 0.2) is 0 Å². The van der Waals surface area contributed by atoms with E-state index >= 15 is 0 Å². The average Bonchev–Trinajstić information content (AvgIpc) is 2.96. The highest BCUT2D eigenvalue weighted by molar-refractivity contribution is 9.10. The molecule has 2 nitrogen and oxygen atoms in total. The molecule has 0 radical (unpaired) electrons. The first-order valence-corrected chi connectivity index (χ1v) is 8.26. The standard InChI is InChI=1S/C12H12BrF2NOS2/c13-8-3-11(18-6-8)5-16-4-9-1-2-10(17-9)7-19-12(14)15/h1-3,6,12,16H,4-5,7H2. The summed E-state index contributed by atoms with van der Waals surface area (Å²) in [6, 6.07) is 5.62. The van der Waals surface area contributed by atoms with Crippen molar-refractivity contribution in [2.75, 3.05) is 0 Å². The zero-order chi connectivity index (χ0) is 13.7. The van der Waals surface area contributed by atoms with Crippen LogP contribution in [0.4, 0.5) is 8.78 Å². The van der Waals surface area contributed by atoms with Crippen molar-refractivity contribution in [1.82, 2.24) is 5.32 Å². The topological polar surface area (TPSA) is 25.2 Å². The second kappa shape index (κ2) is 7.42. The average molecular weight is 368 g/mol. The van der Waals surface area contributed by atoms with E-state index in [0.29, 0.717) is 24.1 Å². The van der Waals surface area contributed by atoms with Crippen molar-refractivity contribution in [2.24, 2.45) is 0 Å². The van der Waals surface area contributed by atoms with Crippen molar-refractivity contribution in [2.45, 2.75) is 24.6 Å². The van der Waals surface area contributed by atoms with Gasteiger partial charge in [0.2, 0.25) is 0 Å². The maximum Gasteiger partial charge on any atom is 0.284 e. The number of hydrogen-bond donors (Lipinski definition) is 1. The molecule has 2 heterocycles. The molecule has 0 aliphatic rings. The van der Waals surface area contributed by atoms with Crippen LogP contribution in [0.25, 0.3) is 0 Å². The van der Waals surface area contributed by atoms with Gasteiger partial charge in [0.25, 0.3) is 5.76 Å². The van der Waals surface area contributed by atoms with Crippen molar-refractivity contribution in [3.05, 3.63) is 44.4 Å². The summed E-state index contributed by atoms with van der Waals surface area (Å²) < 4.78 is 30.6. The number of halogens is 3. The molecule has 0 spiro atoms. The molecule has 2 aromatic heterocycles. The molecule has 19 heavy (non-hydrogen) atoms. The van der Waals surface area contributed by atoms with Crippen molar-refractivity contribution in [3.8, 4) is 0 Å². The van der Waals surface area contributed by atoms with Crippen LogP contribution in [0, 0.1) is 0 Å². The highest BCUT2D eigenvalue weighted by atomic mass is 79.9. The van der Waals surface area contributed by atoms with Crippen LogP contribution < -0.4 is 5.32 Å². The molecule has 104 valence electrons. The fourth-order valence-electron chi connectivity index (χ4n) is 1.50. The van der Waals surface area contributed by atoms with E-state index in [-0.39, 0.29) is 5.75 Å². The predicted molar refractivity (Wildman–Crippen MR) is 78.6 cm³/mol. The smallest absolute Gasteiger partial charge is 0.284 e. The Labute approximate surface area is 126 Å². The molecule has 0 bridgehead atoms. The monoisotopic (exact) mass is 367 g/mol. The van der Waals surface area contributed by atoms with Gasteiger partial charge in [-0.25, -0.2) is 0 Å². The first-order chi connectivity index (χ1) is 9.13. The largest absolute Gasteiger partial charge is 0.464 e. The van der Waals surface area contributed by atoms with Gasteiger partial charge < -0.3 is 9.73 Å². The SMILES string of the molecule is FC(F)SCc1ccc(CNCc2cc(Br)cs2)o1. The van der Waals surface area contributed by atoms with Crippen LogP contribution in [0.15, 0.2) is 32.5 Å². The second-order valence-corrected chi connectivity index (χ2v) is 6.66. The van der Waals surface area contributed by atoms with Crippen LogP contribution in [-0.2, 0) is 18.8 Å². The highest BCUT2D eigenvalue weighted by Crippen LogP contribution is 2.22. The van der Waals surface area contributed by atoms with Gasteiger partial charge in [-0.2, -0.15) is 8.78 Å². The first-order valence-electron chi connectivity index (χ1n) is 5.54. The summed E-state index contributed by atoms with van der Waals surface area (Å²) in [5.41, 5.74) is 0. The molecule has 1 N–H and O–H groups in total. The summed E-state index contributed by atoms with van der Waals surface area (Å²) in [5, 5.41) is 5.28. The Morgan fingerprint density at radius 2 is 2.11 bits per heavy atom. The highest BCUT2D eigenvalue weighted by Gasteiger charge is 2.07. The zero-order valence-electron chi connectivity index (χ0n) is 9.87. The molecule has 0 unspecified atom stereocenters. The Morgan fingerprint density at radius 1 is 1.32 bits per heavy atom. The minimum Gasteiger partial charge on any atom is -0.464 e. The Balaban J connectivity index is 1.74. The van der Waals surface area contributed by atoms with Crippen LogP contribution in [-0.4, -0.2) is 5.76 Å². The maximum absolute atomic E-state index is 12.0. The van der Waals surface area contributed by atoms with Gasteiger partial charge in [0, 0.05) is 21.3 Å². The van der Waals surface area contributed by atoms with Crippen LogP contribution in [0.2, 0.25) is 0 Å². The Hall–Kier alpha value is -0.370. The van der Waals surface area contributed by atoms with Crippen LogP contribution >= 0.6 is 39.0 Å². The number of hydrogen-bond acceptors (Lipinski definition) is 4. The molecule has 2 aromatic rings. The summed E-state index contributed by atoms with van der Waals surface area (Å²) in [6.07, 6.45) is 0. The van der Waals surface area contributed by atoms with Crippen LogP contribution in [0.5, 0.6) is 0 Å². The van der Waals surface area contributed by atoms with Crippen LogP contribution in [0.3, 0.4) is 0 Å². The van der Waals surface area contributed by atoms with Gasteiger partial charge in [-0.15, -0.1) is 11.3 Å². The third kappa shape index (κ3) is 5.25. The van der Waals surface area contributed by atoms with Crippen molar-refractivity contribution >= 4 is 39.0 Å². The molecule has 0 saturated heterocycles. The predicted octanol–water partition coefficient (Wildman–Crippen LogP) is 4.85. The molecule has 0 fully saturated rings. The third-order valence-corrected chi connectivity index (χ3v) is 4.69. The van der Waals surface area contributed by atoms with Gasteiger partial charge >= 0.3 is 0 Å². The summed E-state index contributed by atoms with van der Waals surface area (Å²) in [6.45, 7) is 1.35. The Bertz CT molecular complexity index is 515. The van der Waals surface area contributed by atoms with E-state index in [1.54, 1.807) is 17.4 Å². The molecule has 2 rings (SSSR count). The number of nitrogens with one attached hydrogen (secondary N) is 1. The van der Waals surface area contributed by atoms with Gasteiger partial charge in [0.1, 0.15) is 11.5 Å². The lowest BCUT2D eigenvalue weighted by atomic mass is 10.4. The molecular weight excluding hydrogens is 356 g/mol. The second-order valence-electron chi connectivity index (χ2n) is 3.77. The summed E-state index contributed by atoms with van der Waals surface area (Å²) in [7, 11) is 0. The lowest BCUT2D eigenvalue weighted by Crippen LogP contribution is -2.10. The minimum absolute atomic E-state index is 0.204. The molecule has 0 saturated carbocycles. The van der Waals surface area contributed by atoms with E-state index in [1.807, 2.05) is 11.4 Å². The van der Waals surface area contributed by atoms with E-state index in [1.165, 1.54) is 4.88 Å². The zero-order valence-corrected chi connectivity index (χ0v) is 13.1. The first kappa shape index (κ1) is 15.0. The Kier molecular flexibility index (Phi) is 5.87. The van der Waals surface area contributed by atoms with Crippen molar-refractivity contribution < 1.29 is 13.2 Å². The quantitative estimate of drug-likeness (QED) is 0.757. The molecule has 0 aromatic carbocycles. The van der Waals surface area contributed by atoms with Crippen LogP contribution in [0.1, 0.15) is 16.4 Å². The number of alkyl halides is 2. The van der Waals surface area contributed by atoms with Gasteiger partial charge in [-0.1, -0.05) is 11.8 Å². The molecule has 0 aliphatic heterocycles. The number of furan rings is 1. The number of thiophene rings is 1. The van der Waals surface area contributed by atoms with E-state index in [9.17, 15) is 8.78 Å². The number of rotatable bonds is 7. The number of thioether (sulfide) groups is 1. The summed E-state index contributed by atoms with van der Waals surface area (Å²) >= 11 is 5.65. The van der Waals surface area contributed by atoms with Crippen molar-refractivity contribution in [3.63, 3.8) is 0 Å². The summed E-state index contributed by atoms with van der Waals surface area (Å²) in [5.74, 6) is -0.805. The van der Waals surface area contributed by atoms with Gasteiger partial charge in [-0.05, 0) is 34.1 Å². The van der Waals surface area contributed by atoms with E-state index in [2.05, 4.69) is 27.3 Å². The van der Waals surface area contributed by atoms with Crippen molar-refractivity contribution in [1.29, 1.82) is 0 Å². The van der Waals surface area contributed by atoms with E-state index in [4.69, 9.17) is 4.42 Å². The fraction of sp³-hybridized carbons (Fsp3) is 0.333. The minimum atomic E-state index is -2.36. The van der Waals surface area contributed by atoms with E-state index in [0.717, 1.165) is 16.8 Å². The maximum atomic E-state index is 12.0. The molecule has 0 amide bonds. The normalized spacial score (nSPS) is 11.4.